The highest BCUT2D eigenvalue weighted by Gasteiger charge is 2.20. The number of H-pyrrole nitrogens is 2. The van der Waals surface area contributed by atoms with E-state index in [2.05, 4.69) is 29.9 Å². The van der Waals surface area contributed by atoms with Crippen LogP contribution in [-0.4, -0.2) is 60.3 Å². The predicted molar refractivity (Wildman–Crippen MR) is 215 cm³/mol. The smallest absolute Gasteiger partial charge is 0.0853 e. The number of nitrogens with one attached hydrogen (secondary N) is 2. The van der Waals surface area contributed by atoms with Crippen molar-refractivity contribution < 1.29 is 20.4 Å². The molecule has 6 N–H and O–H groups in total. The second kappa shape index (κ2) is 14.7. The molecule has 274 valence electrons. The molecule has 0 spiro atoms. The summed E-state index contributed by atoms with van der Waals surface area (Å²) >= 11 is 0. The summed E-state index contributed by atoms with van der Waals surface area (Å²) in [7, 11) is 0. The van der Waals surface area contributed by atoms with E-state index >= 15 is 0 Å². The van der Waals surface area contributed by atoms with E-state index in [0.717, 1.165) is 66.6 Å². The number of hydrogen-bond acceptors (Lipinski definition) is 10. The Kier molecular flexibility index (Phi) is 9.13. The normalized spacial score (nSPS) is 12.1. The second-order valence-corrected chi connectivity index (χ2v) is 13.3. The molecule has 0 aromatic carbocycles. The SMILES string of the molecule is OCc1cc(-c2c3nc(c(-c4ccnc(CO)c4)c4ccc([nH]4)c(-c4ccnc(CO)c4)c4nc(c(-c5ccnc(CO)c5)c5ccc2[nH]5)C=C4)C=C3)ccn1. The third kappa shape index (κ3) is 6.38. The molecule has 2 aliphatic heterocycles. The second-order valence-electron chi connectivity index (χ2n) is 13.3. The summed E-state index contributed by atoms with van der Waals surface area (Å²) in [5, 5.41) is 40.2. The standard InChI is InChI=1S/C44H34N8O4/c53-21-29-17-25(9-13-45-29)41-33-1-2-34(49-33)42(26-10-14-46-30(18-26)22-54)36-5-6-38(51-36)44(28-12-16-48-32(20-28)24-56)40-8-7-39(52-40)43(37-4-3-35(41)50-37)27-11-15-47-31(19-27)23-55/h1-20,49,52-56H,21-24H2. The monoisotopic (exact) mass is 738 g/mol. The van der Waals surface area contributed by atoms with Crippen molar-refractivity contribution in [3.63, 3.8) is 0 Å². The molecule has 0 radical (unpaired) electrons. The minimum absolute atomic E-state index is 0.225. The van der Waals surface area contributed by atoms with Gasteiger partial charge in [-0.1, -0.05) is 0 Å². The third-order valence-electron chi connectivity index (χ3n) is 9.82. The van der Waals surface area contributed by atoms with Crippen molar-refractivity contribution >= 4 is 46.4 Å². The minimum Gasteiger partial charge on any atom is -0.390 e. The lowest BCUT2D eigenvalue weighted by Gasteiger charge is -2.08. The molecule has 0 unspecified atom stereocenters. The van der Waals surface area contributed by atoms with Crippen LogP contribution >= 0.6 is 0 Å². The highest BCUT2D eigenvalue weighted by molar-refractivity contribution is 5.99. The van der Waals surface area contributed by atoms with Crippen LogP contribution in [0.2, 0.25) is 0 Å². The first-order chi connectivity index (χ1) is 27.5. The number of aromatic nitrogens is 8. The zero-order valence-electron chi connectivity index (χ0n) is 29.8. The van der Waals surface area contributed by atoms with Gasteiger partial charge in [-0.3, -0.25) is 19.9 Å². The maximum absolute atomic E-state index is 10.1. The van der Waals surface area contributed by atoms with E-state index in [9.17, 15) is 20.4 Å². The molecule has 0 saturated heterocycles. The van der Waals surface area contributed by atoms with E-state index in [1.807, 2.05) is 97.1 Å². The Labute approximate surface area is 320 Å². The largest absolute Gasteiger partial charge is 0.390 e. The van der Waals surface area contributed by atoms with Crippen LogP contribution < -0.4 is 0 Å². The summed E-state index contributed by atoms with van der Waals surface area (Å²) in [6.07, 6.45) is 14.6. The summed E-state index contributed by atoms with van der Waals surface area (Å²) in [5.41, 5.74) is 14.2. The van der Waals surface area contributed by atoms with Crippen molar-refractivity contribution in [3.05, 3.63) is 143 Å². The fraction of sp³-hybridized carbons (Fsp3) is 0.0909. The van der Waals surface area contributed by atoms with Crippen LogP contribution in [0.1, 0.15) is 45.6 Å². The van der Waals surface area contributed by atoms with Gasteiger partial charge >= 0.3 is 0 Å². The highest BCUT2D eigenvalue weighted by atomic mass is 16.3. The van der Waals surface area contributed by atoms with Crippen molar-refractivity contribution in [1.82, 2.24) is 39.9 Å². The molecule has 56 heavy (non-hydrogen) atoms. The molecule has 0 atom stereocenters. The Hall–Kier alpha value is -6.96. The summed E-state index contributed by atoms with van der Waals surface area (Å²) in [5.74, 6) is 0. The van der Waals surface area contributed by atoms with Crippen LogP contribution in [0.3, 0.4) is 0 Å². The topological polar surface area (TPSA) is 190 Å². The molecule has 0 fully saturated rings. The summed E-state index contributed by atoms with van der Waals surface area (Å²) in [6.45, 7) is -0.901. The van der Waals surface area contributed by atoms with Gasteiger partial charge in [0, 0.05) is 69.1 Å². The summed E-state index contributed by atoms with van der Waals surface area (Å²) in [6, 6.07) is 23.0. The van der Waals surface area contributed by atoms with Crippen LogP contribution in [0, 0.1) is 0 Å². The molecule has 12 nitrogen and oxygen atoms in total. The van der Waals surface area contributed by atoms with E-state index in [0.29, 0.717) is 45.6 Å². The summed E-state index contributed by atoms with van der Waals surface area (Å²) < 4.78 is 0. The average molecular weight is 739 g/mol. The Morgan fingerprint density at radius 2 is 0.607 bits per heavy atom. The van der Waals surface area contributed by atoms with Crippen LogP contribution in [0.25, 0.3) is 90.9 Å². The van der Waals surface area contributed by atoms with E-state index in [1.165, 1.54) is 0 Å². The first-order valence-corrected chi connectivity index (χ1v) is 17.9. The van der Waals surface area contributed by atoms with Gasteiger partial charge in [0.15, 0.2) is 0 Å². The fourth-order valence-electron chi connectivity index (χ4n) is 7.30. The van der Waals surface area contributed by atoms with Crippen LogP contribution in [0.4, 0.5) is 0 Å². The van der Waals surface area contributed by atoms with Crippen LogP contribution in [0.15, 0.2) is 97.6 Å². The van der Waals surface area contributed by atoms with Crippen LogP contribution in [0.5, 0.6) is 0 Å². The third-order valence-corrected chi connectivity index (χ3v) is 9.82. The molecule has 9 rings (SSSR count). The van der Waals surface area contributed by atoms with E-state index in [1.54, 1.807) is 24.8 Å². The quantitative estimate of drug-likeness (QED) is 0.0959. The Balaban J connectivity index is 1.47. The van der Waals surface area contributed by atoms with Crippen LogP contribution in [-0.2, 0) is 26.4 Å². The number of rotatable bonds is 8. The van der Waals surface area contributed by atoms with Crippen molar-refractivity contribution in [3.8, 4) is 44.5 Å². The molecule has 0 saturated carbocycles. The number of aromatic amines is 2. The lowest BCUT2D eigenvalue weighted by atomic mass is 10.0. The molecule has 0 amide bonds. The Morgan fingerprint density at radius 1 is 0.357 bits per heavy atom. The van der Waals surface area contributed by atoms with Gasteiger partial charge in [0.05, 0.1) is 72.0 Å². The molecule has 7 aromatic rings. The van der Waals surface area contributed by atoms with Crippen molar-refractivity contribution in [2.24, 2.45) is 0 Å². The van der Waals surface area contributed by atoms with Gasteiger partial charge < -0.3 is 30.4 Å². The molecular formula is C44H34N8O4. The first-order valence-electron chi connectivity index (χ1n) is 17.9. The Bertz CT molecular complexity index is 2510. The number of fused-ring (bicyclic) bond motifs is 8. The van der Waals surface area contributed by atoms with Gasteiger partial charge in [-0.2, -0.15) is 0 Å². The minimum atomic E-state index is -0.225. The van der Waals surface area contributed by atoms with Gasteiger partial charge in [-0.15, -0.1) is 0 Å². The lowest BCUT2D eigenvalue weighted by Crippen LogP contribution is -1.94. The average Bonchev–Trinajstić information content (AvgIpc) is 4.09. The molecule has 12 heteroatoms. The molecule has 7 aromatic heterocycles. The molecule has 8 bridgehead atoms. The maximum Gasteiger partial charge on any atom is 0.0853 e. The van der Waals surface area contributed by atoms with Gasteiger partial charge in [-0.25, -0.2) is 9.97 Å². The predicted octanol–water partition coefficient (Wildman–Crippen LogP) is 6.87. The summed E-state index contributed by atoms with van der Waals surface area (Å²) in [4.78, 5) is 35.2. The highest BCUT2D eigenvalue weighted by Crippen LogP contribution is 2.38. The van der Waals surface area contributed by atoms with Crippen molar-refractivity contribution in [2.75, 3.05) is 0 Å². The molecular weight excluding hydrogens is 705 g/mol. The van der Waals surface area contributed by atoms with Gasteiger partial charge in [0.25, 0.3) is 0 Å². The van der Waals surface area contributed by atoms with Gasteiger partial charge in [-0.05, 0) is 119 Å². The van der Waals surface area contributed by atoms with E-state index < -0.39 is 0 Å². The molecule has 9 heterocycles. The number of hydrogen-bond donors (Lipinski definition) is 6. The van der Waals surface area contributed by atoms with E-state index in [-0.39, 0.29) is 26.4 Å². The zero-order valence-corrected chi connectivity index (χ0v) is 29.8. The molecule has 0 aliphatic carbocycles. The fourth-order valence-corrected chi connectivity index (χ4v) is 7.30. The number of aliphatic hydroxyl groups is 4. The number of aliphatic hydroxyl groups excluding tert-OH is 4. The first kappa shape index (κ1) is 34.8. The Morgan fingerprint density at radius 3 is 0.839 bits per heavy atom. The van der Waals surface area contributed by atoms with Crippen molar-refractivity contribution in [2.45, 2.75) is 26.4 Å². The number of pyridine rings is 4. The molecule has 2 aliphatic rings. The zero-order chi connectivity index (χ0) is 38.2. The lowest BCUT2D eigenvalue weighted by molar-refractivity contribution is 0.276. The van der Waals surface area contributed by atoms with Gasteiger partial charge in [0.2, 0.25) is 0 Å². The van der Waals surface area contributed by atoms with E-state index in [4.69, 9.17) is 9.97 Å². The number of nitrogens with zero attached hydrogens (tertiary/aromatic N) is 6. The van der Waals surface area contributed by atoms with Crippen molar-refractivity contribution in [1.29, 1.82) is 0 Å². The maximum atomic E-state index is 10.1. The van der Waals surface area contributed by atoms with Gasteiger partial charge in [0.1, 0.15) is 0 Å².